The summed E-state index contributed by atoms with van der Waals surface area (Å²) in [5.41, 5.74) is 1.89. The van der Waals surface area contributed by atoms with E-state index in [1.54, 1.807) is 0 Å². The molecule has 1 aromatic heterocycles. The van der Waals surface area contributed by atoms with E-state index in [1.165, 1.54) is 6.92 Å². The maximum atomic E-state index is 11.9. The lowest BCUT2D eigenvalue weighted by Gasteiger charge is -2.14. The average Bonchev–Trinajstić information content (AvgIpc) is 2.83. The van der Waals surface area contributed by atoms with Crippen LogP contribution in [0.1, 0.15) is 18.9 Å². The van der Waals surface area contributed by atoms with Crippen LogP contribution in [0.4, 0.5) is 0 Å². The number of nitrogens with one attached hydrogen (secondary N) is 1. The third-order valence-corrected chi connectivity index (χ3v) is 4.49. The molecular formula is C17H20N2O4S. The summed E-state index contributed by atoms with van der Waals surface area (Å²) in [6.45, 7) is 1.43. The molecule has 1 amide bonds. The smallest absolute Gasteiger partial charge is 0.326 e. The van der Waals surface area contributed by atoms with E-state index in [2.05, 4.69) is 5.32 Å². The number of carboxylic acid groups (broad SMARTS) is 1. The van der Waals surface area contributed by atoms with Crippen molar-refractivity contribution < 1.29 is 19.5 Å². The Kier molecular flexibility index (Phi) is 6.03. The maximum Gasteiger partial charge on any atom is 0.326 e. The molecule has 0 aliphatic carbocycles. The van der Waals surface area contributed by atoms with E-state index >= 15 is 0 Å². The van der Waals surface area contributed by atoms with E-state index in [9.17, 15) is 19.5 Å². The van der Waals surface area contributed by atoms with Gasteiger partial charge in [0, 0.05) is 49.7 Å². The van der Waals surface area contributed by atoms with Crippen molar-refractivity contribution in [3.8, 4) is 0 Å². The second-order valence-electron chi connectivity index (χ2n) is 5.53. The minimum absolute atomic E-state index is 0.0617. The van der Waals surface area contributed by atoms with E-state index < -0.39 is 12.0 Å². The Bertz CT molecular complexity index is 769. The van der Waals surface area contributed by atoms with Crippen molar-refractivity contribution in [3.63, 3.8) is 0 Å². The van der Waals surface area contributed by atoms with Gasteiger partial charge in [-0.15, -0.1) is 0 Å². The van der Waals surface area contributed by atoms with Crippen LogP contribution >= 0.6 is 11.8 Å². The molecule has 1 aromatic carbocycles. The number of hydrogen-bond acceptors (Lipinski definition) is 4. The Morgan fingerprint density at radius 2 is 2.00 bits per heavy atom. The molecule has 0 aliphatic heterocycles. The Labute approximate surface area is 144 Å². The van der Waals surface area contributed by atoms with Gasteiger partial charge in [0.15, 0.2) is 5.12 Å². The maximum absolute atomic E-state index is 11.9. The number of benzene rings is 1. The van der Waals surface area contributed by atoms with Gasteiger partial charge < -0.3 is 15.0 Å². The number of carbonyl (C=O) groups is 3. The second kappa shape index (κ2) is 8.01. The van der Waals surface area contributed by atoms with Crippen molar-refractivity contribution in [1.29, 1.82) is 0 Å². The van der Waals surface area contributed by atoms with Gasteiger partial charge in [0.1, 0.15) is 6.04 Å². The number of nitrogens with zero attached hydrogens (tertiary/aromatic N) is 1. The fourth-order valence-corrected chi connectivity index (χ4v) is 3.14. The highest BCUT2D eigenvalue weighted by molar-refractivity contribution is 8.13. The Hall–Kier alpha value is -2.28. The first-order chi connectivity index (χ1) is 11.4. The average molecular weight is 348 g/mol. The molecule has 0 spiro atoms. The van der Waals surface area contributed by atoms with Crippen molar-refractivity contribution >= 4 is 39.7 Å². The van der Waals surface area contributed by atoms with E-state index in [-0.39, 0.29) is 23.9 Å². The first-order valence-corrected chi connectivity index (χ1v) is 8.55. The van der Waals surface area contributed by atoms with Gasteiger partial charge >= 0.3 is 5.97 Å². The lowest BCUT2D eigenvalue weighted by molar-refractivity contribution is -0.141. The molecule has 1 atom stereocenters. The molecule has 2 rings (SSSR count). The summed E-state index contributed by atoms with van der Waals surface area (Å²) >= 11 is 1.05. The summed E-state index contributed by atoms with van der Waals surface area (Å²) in [6, 6.07) is 6.74. The Morgan fingerprint density at radius 3 is 2.67 bits per heavy atom. The molecule has 1 heterocycles. The van der Waals surface area contributed by atoms with E-state index in [1.807, 2.05) is 42.1 Å². The number of hydrogen-bond donors (Lipinski definition) is 2. The molecule has 0 saturated carbocycles. The molecule has 7 heteroatoms. The van der Waals surface area contributed by atoms with Gasteiger partial charge in [-0.3, -0.25) is 9.59 Å². The van der Waals surface area contributed by atoms with Crippen LogP contribution in [0.5, 0.6) is 0 Å². The summed E-state index contributed by atoms with van der Waals surface area (Å²) in [5, 5.41) is 12.9. The normalized spacial score (nSPS) is 12.1. The molecule has 0 unspecified atom stereocenters. The number of aryl methyl sites for hydroxylation is 1. The molecule has 6 nitrogen and oxygen atoms in total. The highest BCUT2D eigenvalue weighted by Crippen LogP contribution is 2.21. The summed E-state index contributed by atoms with van der Waals surface area (Å²) in [6.07, 6.45) is 2.21. The van der Waals surface area contributed by atoms with Gasteiger partial charge in [-0.05, 0) is 11.6 Å². The number of carbonyl (C=O) groups excluding carboxylic acids is 2. The standard InChI is InChI=1S/C17H20N2O4S/c1-11(20)24-8-7-16(21)18-14(17(22)23)9-12-10-19(2)15-6-4-3-5-13(12)15/h3-6,10,14H,7-9H2,1-2H3,(H,18,21)(H,22,23)/t14-/m0/s1. The van der Waals surface area contributed by atoms with Crippen LogP contribution in [-0.2, 0) is 27.9 Å². The summed E-state index contributed by atoms with van der Waals surface area (Å²) in [5.74, 6) is -1.09. The molecule has 24 heavy (non-hydrogen) atoms. The van der Waals surface area contributed by atoms with Crippen LogP contribution < -0.4 is 5.32 Å². The number of fused-ring (bicyclic) bond motifs is 1. The SMILES string of the molecule is CC(=O)SCCC(=O)N[C@@H](Cc1cn(C)c2ccccc12)C(=O)O. The van der Waals surface area contributed by atoms with Crippen molar-refractivity contribution in [1.82, 2.24) is 9.88 Å². The molecule has 0 radical (unpaired) electrons. The Morgan fingerprint density at radius 1 is 1.29 bits per heavy atom. The predicted molar refractivity (Wildman–Crippen MR) is 93.9 cm³/mol. The highest BCUT2D eigenvalue weighted by Gasteiger charge is 2.22. The van der Waals surface area contributed by atoms with Gasteiger partial charge in [-0.2, -0.15) is 0 Å². The summed E-state index contributed by atoms with van der Waals surface area (Å²) in [4.78, 5) is 34.2. The fraction of sp³-hybridized carbons (Fsp3) is 0.353. The molecule has 0 saturated heterocycles. The third kappa shape index (κ3) is 4.61. The van der Waals surface area contributed by atoms with E-state index in [4.69, 9.17) is 0 Å². The summed E-state index contributed by atoms with van der Waals surface area (Å²) < 4.78 is 1.94. The van der Waals surface area contributed by atoms with Crippen LogP contribution in [0.25, 0.3) is 10.9 Å². The van der Waals surface area contributed by atoms with Crippen molar-refractivity contribution in [2.45, 2.75) is 25.8 Å². The zero-order valence-electron chi connectivity index (χ0n) is 13.6. The van der Waals surface area contributed by atoms with Crippen molar-refractivity contribution in [2.75, 3.05) is 5.75 Å². The van der Waals surface area contributed by atoms with Crippen LogP contribution in [0.3, 0.4) is 0 Å². The quantitative estimate of drug-likeness (QED) is 0.798. The molecular weight excluding hydrogens is 328 g/mol. The first-order valence-electron chi connectivity index (χ1n) is 7.57. The van der Waals surface area contributed by atoms with Gasteiger partial charge in [0.05, 0.1) is 0 Å². The van der Waals surface area contributed by atoms with Crippen LogP contribution in [0, 0.1) is 0 Å². The lowest BCUT2D eigenvalue weighted by atomic mass is 10.0. The first kappa shape index (κ1) is 18.1. The van der Waals surface area contributed by atoms with Gasteiger partial charge in [0.25, 0.3) is 0 Å². The van der Waals surface area contributed by atoms with Crippen molar-refractivity contribution in [2.24, 2.45) is 7.05 Å². The summed E-state index contributed by atoms with van der Waals surface area (Å²) in [7, 11) is 1.90. The zero-order valence-corrected chi connectivity index (χ0v) is 14.4. The van der Waals surface area contributed by atoms with Crippen LogP contribution in [0.2, 0.25) is 0 Å². The molecule has 0 bridgehead atoms. The molecule has 128 valence electrons. The number of para-hydroxylation sites is 1. The molecule has 0 aliphatic rings. The lowest BCUT2D eigenvalue weighted by Crippen LogP contribution is -2.42. The van der Waals surface area contributed by atoms with Crippen molar-refractivity contribution in [3.05, 3.63) is 36.0 Å². The number of rotatable bonds is 7. The number of aliphatic carboxylic acids is 1. The topological polar surface area (TPSA) is 88.4 Å². The Balaban J connectivity index is 2.06. The van der Waals surface area contributed by atoms with Gasteiger partial charge in [0.2, 0.25) is 5.91 Å². The van der Waals surface area contributed by atoms with Gasteiger partial charge in [-0.25, -0.2) is 4.79 Å². The molecule has 2 aromatic rings. The largest absolute Gasteiger partial charge is 0.480 e. The van der Waals surface area contributed by atoms with Crippen LogP contribution in [-0.4, -0.2) is 38.5 Å². The van der Waals surface area contributed by atoms with E-state index in [0.717, 1.165) is 28.2 Å². The zero-order chi connectivity index (χ0) is 17.7. The second-order valence-corrected chi connectivity index (χ2v) is 6.81. The minimum atomic E-state index is -1.07. The monoisotopic (exact) mass is 348 g/mol. The van der Waals surface area contributed by atoms with Crippen LogP contribution in [0.15, 0.2) is 30.5 Å². The molecule has 0 fully saturated rings. The van der Waals surface area contributed by atoms with Gasteiger partial charge in [-0.1, -0.05) is 30.0 Å². The number of amides is 1. The molecule has 2 N–H and O–H groups in total. The van der Waals surface area contributed by atoms with E-state index in [0.29, 0.717) is 5.75 Å². The number of thioether (sulfide) groups is 1. The third-order valence-electron chi connectivity index (χ3n) is 3.67. The number of aromatic nitrogens is 1. The minimum Gasteiger partial charge on any atom is -0.480 e. The highest BCUT2D eigenvalue weighted by atomic mass is 32.2. The number of carboxylic acids is 1. The fourth-order valence-electron chi connectivity index (χ4n) is 2.56. The predicted octanol–water partition coefficient (Wildman–Crippen LogP) is 1.96.